The maximum atomic E-state index is 12.0. The molecule has 1 N–H and O–H groups in total. The second-order valence-electron chi connectivity index (χ2n) is 4.81. The molecule has 0 spiro atoms. The smallest absolute Gasteiger partial charge is 0.238 e. The van der Waals surface area contributed by atoms with E-state index in [-0.39, 0.29) is 17.6 Å². The van der Waals surface area contributed by atoms with Crippen molar-refractivity contribution in [3.63, 3.8) is 0 Å². The number of anilines is 1. The number of carbonyl (C=O) groups is 1. The first-order valence-corrected chi connectivity index (χ1v) is 7.62. The molecule has 4 nitrogen and oxygen atoms in total. The summed E-state index contributed by atoms with van der Waals surface area (Å²) in [5, 5.41) is 4.00. The van der Waals surface area contributed by atoms with Gasteiger partial charge in [-0.2, -0.15) is 0 Å². The normalized spacial score (nSPS) is 10.8. The molecular weight excluding hydrogens is 345 g/mol. The Labute approximate surface area is 144 Å². The fourth-order valence-electron chi connectivity index (χ4n) is 1.92. The quantitative estimate of drug-likeness (QED) is 0.818. The molecule has 1 heterocycles. The van der Waals surface area contributed by atoms with Crippen molar-refractivity contribution >= 4 is 46.4 Å². The van der Waals surface area contributed by atoms with Crippen LogP contribution in [0.3, 0.4) is 0 Å². The van der Waals surface area contributed by atoms with Crippen LogP contribution < -0.4 is 5.32 Å². The third kappa shape index (κ3) is 4.85. The van der Waals surface area contributed by atoms with Crippen LogP contribution >= 0.6 is 34.8 Å². The van der Waals surface area contributed by atoms with Crippen LogP contribution in [-0.2, 0) is 11.3 Å². The fraction of sp³-hybridized carbons (Fsp3) is 0.200. The van der Waals surface area contributed by atoms with Gasteiger partial charge in [-0.25, -0.2) is 4.98 Å². The molecule has 2 aromatic rings. The molecule has 0 aliphatic carbocycles. The monoisotopic (exact) mass is 357 g/mol. The Morgan fingerprint density at radius 3 is 2.68 bits per heavy atom. The lowest BCUT2D eigenvalue weighted by molar-refractivity contribution is -0.117. The van der Waals surface area contributed by atoms with E-state index in [1.165, 1.54) is 0 Å². The Kier molecular flexibility index (Phi) is 6.03. The van der Waals surface area contributed by atoms with Crippen molar-refractivity contribution in [2.24, 2.45) is 0 Å². The van der Waals surface area contributed by atoms with Crippen LogP contribution in [0.4, 0.5) is 5.69 Å². The summed E-state index contributed by atoms with van der Waals surface area (Å²) < 4.78 is 0. The van der Waals surface area contributed by atoms with E-state index in [0.717, 1.165) is 5.56 Å². The van der Waals surface area contributed by atoms with E-state index in [0.29, 0.717) is 22.3 Å². The molecule has 1 amide bonds. The zero-order valence-electron chi connectivity index (χ0n) is 11.8. The minimum absolute atomic E-state index is 0.169. The van der Waals surface area contributed by atoms with Gasteiger partial charge in [-0.3, -0.25) is 9.69 Å². The zero-order valence-corrected chi connectivity index (χ0v) is 14.1. The van der Waals surface area contributed by atoms with Gasteiger partial charge < -0.3 is 5.32 Å². The van der Waals surface area contributed by atoms with Gasteiger partial charge in [0.15, 0.2) is 5.15 Å². The van der Waals surface area contributed by atoms with Gasteiger partial charge in [0, 0.05) is 12.7 Å². The molecule has 0 saturated carbocycles. The summed E-state index contributed by atoms with van der Waals surface area (Å²) >= 11 is 17.8. The summed E-state index contributed by atoms with van der Waals surface area (Å²) in [5.41, 5.74) is 1.47. The molecule has 0 radical (unpaired) electrons. The number of likely N-dealkylation sites (N-methyl/N-ethyl adjacent to an activating group) is 1. The predicted octanol–water partition coefficient (Wildman–Crippen LogP) is 4.11. The topological polar surface area (TPSA) is 45.2 Å². The van der Waals surface area contributed by atoms with Crippen LogP contribution in [0.15, 0.2) is 36.5 Å². The summed E-state index contributed by atoms with van der Waals surface area (Å²) in [6.45, 7) is 0.788. The molecule has 0 saturated heterocycles. The first kappa shape index (κ1) is 17.0. The number of pyridine rings is 1. The third-order valence-corrected chi connectivity index (χ3v) is 3.92. The van der Waals surface area contributed by atoms with Gasteiger partial charge in [0.25, 0.3) is 0 Å². The molecule has 0 aliphatic rings. The molecule has 2 rings (SSSR count). The number of halogens is 3. The minimum Gasteiger partial charge on any atom is -0.322 e. The van der Waals surface area contributed by atoms with Crippen LogP contribution in [0.1, 0.15) is 5.56 Å². The van der Waals surface area contributed by atoms with E-state index in [1.54, 1.807) is 30.5 Å². The Morgan fingerprint density at radius 1 is 1.23 bits per heavy atom. The lowest BCUT2D eigenvalue weighted by Gasteiger charge is -2.17. The summed E-state index contributed by atoms with van der Waals surface area (Å²) in [5.74, 6) is -0.169. The highest BCUT2D eigenvalue weighted by atomic mass is 35.5. The van der Waals surface area contributed by atoms with Gasteiger partial charge >= 0.3 is 0 Å². The Morgan fingerprint density at radius 2 is 2.00 bits per heavy atom. The van der Waals surface area contributed by atoms with Gasteiger partial charge in [-0.15, -0.1) is 0 Å². The number of rotatable bonds is 5. The van der Waals surface area contributed by atoms with E-state index < -0.39 is 0 Å². The SMILES string of the molecule is CN(CC(=O)Nc1cccnc1Cl)Cc1ccc(Cl)c(Cl)c1. The Balaban J connectivity index is 1.91. The molecule has 22 heavy (non-hydrogen) atoms. The lowest BCUT2D eigenvalue weighted by atomic mass is 10.2. The highest BCUT2D eigenvalue weighted by molar-refractivity contribution is 6.42. The number of nitrogens with zero attached hydrogens (tertiary/aromatic N) is 2. The van der Waals surface area contributed by atoms with Crippen LogP contribution in [0.25, 0.3) is 0 Å². The Bertz CT molecular complexity index is 679. The van der Waals surface area contributed by atoms with Crippen molar-refractivity contribution in [3.8, 4) is 0 Å². The van der Waals surface area contributed by atoms with Crippen molar-refractivity contribution in [1.29, 1.82) is 0 Å². The minimum atomic E-state index is -0.169. The number of carbonyl (C=O) groups excluding carboxylic acids is 1. The second kappa shape index (κ2) is 7.79. The standard InChI is InChI=1S/C15H14Cl3N3O/c1-21(8-10-4-5-11(16)12(17)7-10)9-14(22)20-13-3-2-6-19-15(13)18/h2-7H,8-9H2,1H3,(H,20,22). The lowest BCUT2D eigenvalue weighted by Crippen LogP contribution is -2.30. The third-order valence-electron chi connectivity index (χ3n) is 2.88. The first-order chi connectivity index (χ1) is 10.5. The van der Waals surface area contributed by atoms with Gasteiger partial charge in [0.05, 0.1) is 22.3 Å². The summed E-state index contributed by atoms with van der Waals surface area (Å²) in [6, 6.07) is 8.81. The van der Waals surface area contributed by atoms with Gasteiger partial charge in [0.1, 0.15) is 0 Å². The van der Waals surface area contributed by atoms with Crippen molar-refractivity contribution < 1.29 is 4.79 Å². The van der Waals surface area contributed by atoms with Crippen LogP contribution in [-0.4, -0.2) is 29.4 Å². The molecule has 0 aliphatic heterocycles. The van der Waals surface area contributed by atoms with E-state index in [9.17, 15) is 4.79 Å². The average Bonchev–Trinajstić information content (AvgIpc) is 2.45. The molecular formula is C15H14Cl3N3O. The summed E-state index contributed by atoms with van der Waals surface area (Å²) in [4.78, 5) is 17.8. The van der Waals surface area contributed by atoms with Crippen molar-refractivity contribution in [3.05, 3.63) is 57.3 Å². The molecule has 7 heteroatoms. The molecule has 116 valence electrons. The van der Waals surface area contributed by atoms with Crippen molar-refractivity contribution in [2.75, 3.05) is 18.9 Å². The highest BCUT2D eigenvalue weighted by Crippen LogP contribution is 2.23. The fourth-order valence-corrected chi connectivity index (χ4v) is 2.41. The Hall–Kier alpha value is -1.33. The van der Waals surface area contributed by atoms with Crippen LogP contribution in [0.2, 0.25) is 15.2 Å². The molecule has 1 aromatic carbocycles. The van der Waals surface area contributed by atoms with Crippen LogP contribution in [0, 0.1) is 0 Å². The van der Waals surface area contributed by atoms with Gasteiger partial charge in [0.2, 0.25) is 5.91 Å². The number of hydrogen-bond acceptors (Lipinski definition) is 3. The van der Waals surface area contributed by atoms with Gasteiger partial charge in [-0.05, 0) is 36.9 Å². The largest absolute Gasteiger partial charge is 0.322 e. The second-order valence-corrected chi connectivity index (χ2v) is 5.98. The molecule has 0 fully saturated rings. The number of aromatic nitrogens is 1. The number of nitrogens with one attached hydrogen (secondary N) is 1. The number of benzene rings is 1. The molecule has 0 bridgehead atoms. The van der Waals surface area contributed by atoms with E-state index in [2.05, 4.69) is 10.3 Å². The maximum Gasteiger partial charge on any atom is 0.238 e. The number of hydrogen-bond donors (Lipinski definition) is 1. The number of amides is 1. The van der Waals surface area contributed by atoms with Crippen LogP contribution in [0.5, 0.6) is 0 Å². The van der Waals surface area contributed by atoms with E-state index in [4.69, 9.17) is 34.8 Å². The van der Waals surface area contributed by atoms with Crippen molar-refractivity contribution in [1.82, 2.24) is 9.88 Å². The molecule has 1 aromatic heterocycles. The summed E-state index contributed by atoms with van der Waals surface area (Å²) in [6.07, 6.45) is 1.56. The van der Waals surface area contributed by atoms with E-state index >= 15 is 0 Å². The first-order valence-electron chi connectivity index (χ1n) is 6.48. The average molecular weight is 359 g/mol. The molecule has 0 unspecified atom stereocenters. The van der Waals surface area contributed by atoms with Crippen molar-refractivity contribution in [2.45, 2.75) is 6.54 Å². The molecule has 0 atom stereocenters. The van der Waals surface area contributed by atoms with Gasteiger partial charge in [-0.1, -0.05) is 40.9 Å². The maximum absolute atomic E-state index is 12.0. The highest BCUT2D eigenvalue weighted by Gasteiger charge is 2.10. The predicted molar refractivity (Wildman–Crippen MR) is 90.7 cm³/mol. The van der Waals surface area contributed by atoms with E-state index in [1.807, 2.05) is 18.0 Å². The summed E-state index contributed by atoms with van der Waals surface area (Å²) in [7, 11) is 1.84. The zero-order chi connectivity index (χ0) is 16.1.